The fourth-order valence-electron chi connectivity index (χ4n) is 1.62. The Hall–Kier alpha value is -1.09. The second kappa shape index (κ2) is 3.24. The minimum absolute atomic E-state index is 0.266. The van der Waals surface area contributed by atoms with Crippen LogP contribution in [0.25, 0.3) is 4.91 Å². The summed E-state index contributed by atoms with van der Waals surface area (Å²) in [6, 6.07) is 9.27. The first-order chi connectivity index (χ1) is 6.62. The zero-order valence-electron chi connectivity index (χ0n) is 7.97. The molecule has 0 spiro atoms. The minimum Gasteiger partial charge on any atom is -0.223 e. The van der Waals surface area contributed by atoms with Crippen LogP contribution in [0.5, 0.6) is 0 Å². The molecule has 1 aromatic rings. The lowest BCUT2D eigenvalue weighted by atomic mass is 10.2. The summed E-state index contributed by atoms with van der Waals surface area (Å²) in [5.41, 5.74) is 0.803. The van der Waals surface area contributed by atoms with E-state index >= 15 is 0 Å². The standard InChI is InChI=1S/C11H12O2S/c1-9-7-8-11(14(9,12)13)10-5-3-2-4-6-10/h2-6,8-9H,7H2,1H3. The largest absolute Gasteiger partial charge is 0.223 e. The van der Waals surface area contributed by atoms with Gasteiger partial charge in [-0.15, -0.1) is 0 Å². The predicted molar refractivity (Wildman–Crippen MR) is 57.4 cm³/mol. The van der Waals surface area contributed by atoms with E-state index in [2.05, 4.69) is 0 Å². The average Bonchev–Trinajstić information content (AvgIpc) is 2.44. The fourth-order valence-corrected chi connectivity index (χ4v) is 3.19. The van der Waals surface area contributed by atoms with Crippen molar-refractivity contribution in [2.75, 3.05) is 0 Å². The van der Waals surface area contributed by atoms with Gasteiger partial charge in [0.05, 0.1) is 10.2 Å². The zero-order valence-corrected chi connectivity index (χ0v) is 8.79. The van der Waals surface area contributed by atoms with E-state index < -0.39 is 9.84 Å². The average molecular weight is 208 g/mol. The number of allylic oxidation sites excluding steroid dienone is 1. The Morgan fingerprint density at radius 2 is 1.86 bits per heavy atom. The van der Waals surface area contributed by atoms with Gasteiger partial charge in [0, 0.05) is 0 Å². The fraction of sp³-hybridized carbons (Fsp3) is 0.273. The van der Waals surface area contributed by atoms with Gasteiger partial charge < -0.3 is 0 Å². The van der Waals surface area contributed by atoms with Crippen LogP contribution in [0.2, 0.25) is 0 Å². The van der Waals surface area contributed by atoms with Gasteiger partial charge in [0.15, 0.2) is 9.84 Å². The molecule has 0 aromatic heterocycles. The van der Waals surface area contributed by atoms with Gasteiger partial charge in [-0.2, -0.15) is 0 Å². The van der Waals surface area contributed by atoms with Crippen LogP contribution in [0.4, 0.5) is 0 Å². The molecule has 0 N–H and O–H groups in total. The molecule has 1 atom stereocenters. The van der Waals surface area contributed by atoms with Crippen molar-refractivity contribution in [1.29, 1.82) is 0 Å². The SMILES string of the molecule is CC1CC=C(c2ccccc2)S1(=O)=O. The van der Waals surface area contributed by atoms with Crippen molar-refractivity contribution >= 4 is 14.7 Å². The summed E-state index contributed by atoms with van der Waals surface area (Å²) in [5.74, 6) is 0. The summed E-state index contributed by atoms with van der Waals surface area (Å²) >= 11 is 0. The van der Waals surface area contributed by atoms with Crippen molar-refractivity contribution < 1.29 is 8.42 Å². The quantitative estimate of drug-likeness (QED) is 0.709. The molecule has 3 heteroatoms. The normalized spacial score (nSPS) is 24.6. The van der Waals surface area contributed by atoms with Crippen LogP contribution in [0.3, 0.4) is 0 Å². The molecule has 0 radical (unpaired) electrons. The third-order valence-electron chi connectivity index (χ3n) is 2.53. The van der Waals surface area contributed by atoms with E-state index in [1.807, 2.05) is 36.4 Å². The minimum atomic E-state index is -3.06. The maximum absolute atomic E-state index is 11.8. The Morgan fingerprint density at radius 1 is 1.21 bits per heavy atom. The highest BCUT2D eigenvalue weighted by Crippen LogP contribution is 2.32. The molecule has 0 saturated heterocycles. The van der Waals surface area contributed by atoms with Gasteiger partial charge in [-0.1, -0.05) is 36.4 Å². The highest BCUT2D eigenvalue weighted by Gasteiger charge is 2.31. The molecule has 0 fully saturated rings. The monoisotopic (exact) mass is 208 g/mol. The van der Waals surface area contributed by atoms with Gasteiger partial charge >= 0.3 is 0 Å². The summed E-state index contributed by atoms with van der Waals surface area (Å²) in [4.78, 5) is 0.491. The number of rotatable bonds is 1. The number of hydrogen-bond donors (Lipinski definition) is 0. The van der Waals surface area contributed by atoms with Crippen LogP contribution in [-0.4, -0.2) is 13.7 Å². The lowest BCUT2D eigenvalue weighted by Gasteiger charge is -2.05. The van der Waals surface area contributed by atoms with Crippen molar-refractivity contribution in [3.63, 3.8) is 0 Å². The molecule has 1 heterocycles. The van der Waals surface area contributed by atoms with Gasteiger partial charge in [0.1, 0.15) is 0 Å². The smallest absolute Gasteiger partial charge is 0.181 e. The van der Waals surface area contributed by atoms with E-state index in [4.69, 9.17) is 0 Å². The van der Waals surface area contributed by atoms with Crippen LogP contribution in [0.1, 0.15) is 18.9 Å². The number of benzene rings is 1. The predicted octanol–water partition coefficient (Wildman–Crippen LogP) is 2.23. The number of hydrogen-bond acceptors (Lipinski definition) is 2. The second-order valence-corrected chi connectivity index (χ2v) is 5.86. The molecule has 0 bridgehead atoms. The highest BCUT2D eigenvalue weighted by atomic mass is 32.2. The third-order valence-corrected chi connectivity index (χ3v) is 4.80. The van der Waals surface area contributed by atoms with Crippen LogP contribution in [-0.2, 0) is 9.84 Å². The van der Waals surface area contributed by atoms with Gasteiger partial charge in [0.25, 0.3) is 0 Å². The van der Waals surface area contributed by atoms with E-state index in [0.29, 0.717) is 11.3 Å². The van der Waals surface area contributed by atoms with Crippen molar-refractivity contribution in [2.24, 2.45) is 0 Å². The first kappa shape index (κ1) is 9.46. The van der Waals surface area contributed by atoms with Gasteiger partial charge in [-0.25, -0.2) is 8.42 Å². The zero-order chi connectivity index (χ0) is 10.2. The Kier molecular flexibility index (Phi) is 2.19. The topological polar surface area (TPSA) is 34.1 Å². The third kappa shape index (κ3) is 1.38. The molecule has 1 aliphatic rings. The van der Waals surface area contributed by atoms with Crippen LogP contribution >= 0.6 is 0 Å². The Morgan fingerprint density at radius 3 is 2.36 bits per heavy atom. The first-order valence-corrected chi connectivity index (χ1v) is 6.16. The molecule has 0 saturated carbocycles. The van der Waals surface area contributed by atoms with Crippen LogP contribution in [0, 0.1) is 0 Å². The summed E-state index contributed by atoms with van der Waals surface area (Å²) < 4.78 is 23.6. The molecule has 74 valence electrons. The summed E-state index contributed by atoms with van der Waals surface area (Å²) in [6.45, 7) is 1.75. The first-order valence-electron chi connectivity index (χ1n) is 4.62. The van der Waals surface area contributed by atoms with Crippen LogP contribution < -0.4 is 0 Å². The molecule has 2 rings (SSSR count). The van der Waals surface area contributed by atoms with E-state index in [1.165, 1.54) is 0 Å². The molecule has 2 nitrogen and oxygen atoms in total. The Bertz CT molecular complexity index is 457. The van der Waals surface area contributed by atoms with E-state index in [1.54, 1.807) is 6.92 Å². The Balaban J connectivity index is 2.49. The maximum atomic E-state index is 11.8. The summed E-state index contributed by atoms with van der Waals surface area (Å²) in [5, 5.41) is -0.266. The lowest BCUT2D eigenvalue weighted by molar-refractivity contribution is 0.597. The van der Waals surface area contributed by atoms with E-state index in [0.717, 1.165) is 5.56 Å². The van der Waals surface area contributed by atoms with Crippen molar-refractivity contribution in [2.45, 2.75) is 18.6 Å². The molecular weight excluding hydrogens is 196 g/mol. The molecule has 0 amide bonds. The van der Waals surface area contributed by atoms with Crippen LogP contribution in [0.15, 0.2) is 36.4 Å². The van der Waals surface area contributed by atoms with Crippen molar-refractivity contribution in [3.05, 3.63) is 42.0 Å². The van der Waals surface area contributed by atoms with E-state index in [9.17, 15) is 8.42 Å². The number of sulfone groups is 1. The second-order valence-electron chi connectivity index (χ2n) is 3.53. The molecule has 1 unspecified atom stereocenters. The molecule has 1 aromatic carbocycles. The highest BCUT2D eigenvalue weighted by molar-refractivity contribution is 8.01. The molecule has 1 aliphatic heterocycles. The summed E-state index contributed by atoms with van der Waals surface area (Å²) in [7, 11) is -3.06. The van der Waals surface area contributed by atoms with Crippen molar-refractivity contribution in [1.82, 2.24) is 0 Å². The lowest BCUT2D eigenvalue weighted by Crippen LogP contribution is -2.11. The van der Waals surface area contributed by atoms with Gasteiger partial charge in [-0.05, 0) is 18.9 Å². The Labute approximate surface area is 84.2 Å². The van der Waals surface area contributed by atoms with Gasteiger partial charge in [0.2, 0.25) is 0 Å². The molecular formula is C11H12O2S. The maximum Gasteiger partial charge on any atom is 0.181 e. The van der Waals surface area contributed by atoms with Crippen molar-refractivity contribution in [3.8, 4) is 0 Å². The molecule has 0 aliphatic carbocycles. The van der Waals surface area contributed by atoms with E-state index in [-0.39, 0.29) is 5.25 Å². The van der Waals surface area contributed by atoms with Gasteiger partial charge in [-0.3, -0.25) is 0 Å². The summed E-state index contributed by atoms with van der Waals surface area (Å²) in [6.07, 6.45) is 2.45. The molecule has 14 heavy (non-hydrogen) atoms.